The van der Waals surface area contributed by atoms with E-state index < -0.39 is 0 Å². The zero-order chi connectivity index (χ0) is 14.9. The molecule has 2 aromatic rings. The van der Waals surface area contributed by atoms with Crippen LogP contribution in [0.1, 0.15) is 24.0 Å². The van der Waals surface area contributed by atoms with Gasteiger partial charge in [0.25, 0.3) is 0 Å². The topological polar surface area (TPSA) is 49.6 Å². The van der Waals surface area contributed by atoms with E-state index in [9.17, 15) is 4.79 Å². The first kappa shape index (κ1) is 13.5. The SMILES string of the molecule is O=C1CC2C(CCN2Cc2ccoc2)N1Cc1cccnc1. The van der Waals surface area contributed by atoms with Crippen molar-refractivity contribution in [3.8, 4) is 0 Å². The molecule has 2 saturated heterocycles. The van der Waals surface area contributed by atoms with Crippen LogP contribution in [0, 0.1) is 0 Å². The van der Waals surface area contributed by atoms with E-state index in [4.69, 9.17) is 4.42 Å². The Morgan fingerprint density at radius 2 is 2.18 bits per heavy atom. The molecule has 0 aromatic carbocycles. The van der Waals surface area contributed by atoms with Crippen molar-refractivity contribution in [1.29, 1.82) is 0 Å². The first-order chi connectivity index (χ1) is 10.8. The van der Waals surface area contributed by atoms with Crippen LogP contribution in [0.4, 0.5) is 0 Å². The number of furan rings is 1. The molecule has 22 heavy (non-hydrogen) atoms. The number of carbonyl (C=O) groups excluding carboxylic acids is 1. The summed E-state index contributed by atoms with van der Waals surface area (Å²) in [5.41, 5.74) is 2.28. The van der Waals surface area contributed by atoms with Crippen molar-refractivity contribution in [3.05, 3.63) is 54.2 Å². The van der Waals surface area contributed by atoms with Gasteiger partial charge in [-0.25, -0.2) is 0 Å². The highest BCUT2D eigenvalue weighted by Crippen LogP contribution is 2.34. The lowest BCUT2D eigenvalue weighted by Crippen LogP contribution is -2.36. The molecule has 0 saturated carbocycles. The quantitative estimate of drug-likeness (QED) is 0.866. The molecular weight excluding hydrogens is 278 g/mol. The predicted molar refractivity (Wildman–Crippen MR) is 80.7 cm³/mol. The summed E-state index contributed by atoms with van der Waals surface area (Å²) in [6.07, 6.45) is 8.78. The minimum atomic E-state index is 0.260. The lowest BCUT2D eigenvalue weighted by molar-refractivity contribution is -0.129. The van der Waals surface area contributed by atoms with Crippen LogP contribution in [-0.2, 0) is 17.9 Å². The minimum absolute atomic E-state index is 0.260. The Morgan fingerprint density at radius 1 is 1.23 bits per heavy atom. The van der Waals surface area contributed by atoms with Gasteiger partial charge in [-0.1, -0.05) is 6.07 Å². The number of nitrogens with zero attached hydrogens (tertiary/aromatic N) is 3. The molecule has 2 aromatic heterocycles. The summed E-state index contributed by atoms with van der Waals surface area (Å²) in [6, 6.07) is 6.62. The van der Waals surface area contributed by atoms with Gasteiger partial charge in [0.2, 0.25) is 5.91 Å². The fraction of sp³-hybridized carbons (Fsp3) is 0.412. The molecule has 1 amide bonds. The zero-order valence-electron chi connectivity index (χ0n) is 12.4. The Balaban J connectivity index is 1.47. The number of aromatic nitrogens is 1. The summed E-state index contributed by atoms with van der Waals surface area (Å²) in [7, 11) is 0. The number of hydrogen-bond donors (Lipinski definition) is 0. The Kier molecular flexibility index (Phi) is 3.42. The second-order valence-corrected chi connectivity index (χ2v) is 6.11. The third kappa shape index (κ3) is 2.41. The molecule has 0 spiro atoms. The summed E-state index contributed by atoms with van der Waals surface area (Å²) in [4.78, 5) is 21.0. The van der Waals surface area contributed by atoms with Gasteiger partial charge in [-0.15, -0.1) is 0 Å². The van der Waals surface area contributed by atoms with E-state index >= 15 is 0 Å². The molecule has 0 aliphatic carbocycles. The normalized spacial score (nSPS) is 24.9. The van der Waals surface area contributed by atoms with Crippen molar-refractivity contribution < 1.29 is 9.21 Å². The maximum atomic E-state index is 12.4. The Labute approximate surface area is 129 Å². The highest BCUT2D eigenvalue weighted by molar-refractivity contribution is 5.80. The van der Waals surface area contributed by atoms with Gasteiger partial charge in [0, 0.05) is 56.1 Å². The molecule has 2 unspecified atom stereocenters. The zero-order valence-corrected chi connectivity index (χ0v) is 12.4. The number of amides is 1. The van der Waals surface area contributed by atoms with Crippen LogP contribution in [0.2, 0.25) is 0 Å². The molecule has 0 radical (unpaired) electrons. The molecule has 2 fully saturated rings. The van der Waals surface area contributed by atoms with Crippen LogP contribution in [0.5, 0.6) is 0 Å². The Morgan fingerprint density at radius 3 is 2.95 bits per heavy atom. The first-order valence-corrected chi connectivity index (χ1v) is 7.75. The third-order valence-corrected chi connectivity index (χ3v) is 4.77. The lowest BCUT2D eigenvalue weighted by Gasteiger charge is -2.25. The van der Waals surface area contributed by atoms with Crippen LogP contribution in [0.25, 0.3) is 0 Å². The van der Waals surface area contributed by atoms with Crippen molar-refractivity contribution >= 4 is 5.91 Å². The fourth-order valence-corrected chi connectivity index (χ4v) is 3.72. The Hall–Kier alpha value is -2.14. The average molecular weight is 297 g/mol. The van der Waals surface area contributed by atoms with Gasteiger partial charge in [0.15, 0.2) is 0 Å². The average Bonchev–Trinajstić information content (AvgIpc) is 3.23. The molecule has 2 aliphatic heterocycles. The van der Waals surface area contributed by atoms with Crippen LogP contribution in [-0.4, -0.2) is 39.3 Å². The van der Waals surface area contributed by atoms with Crippen LogP contribution >= 0.6 is 0 Å². The number of hydrogen-bond acceptors (Lipinski definition) is 4. The summed E-state index contributed by atoms with van der Waals surface area (Å²) in [5.74, 6) is 0.260. The number of pyridine rings is 1. The van der Waals surface area contributed by atoms with Gasteiger partial charge in [-0.3, -0.25) is 14.7 Å². The highest BCUT2D eigenvalue weighted by atomic mass is 16.3. The molecule has 114 valence electrons. The fourth-order valence-electron chi connectivity index (χ4n) is 3.72. The monoisotopic (exact) mass is 297 g/mol. The molecule has 4 rings (SSSR count). The second-order valence-electron chi connectivity index (χ2n) is 6.11. The maximum Gasteiger partial charge on any atom is 0.224 e. The smallest absolute Gasteiger partial charge is 0.224 e. The molecule has 0 bridgehead atoms. The van der Waals surface area contributed by atoms with Gasteiger partial charge in [0.05, 0.1) is 12.5 Å². The maximum absolute atomic E-state index is 12.4. The molecule has 5 nitrogen and oxygen atoms in total. The molecular formula is C17H19N3O2. The van der Waals surface area contributed by atoms with E-state index in [0.29, 0.717) is 25.0 Å². The highest BCUT2D eigenvalue weighted by Gasteiger charge is 2.46. The summed E-state index contributed by atoms with van der Waals surface area (Å²) in [6.45, 7) is 2.58. The van der Waals surface area contributed by atoms with E-state index in [2.05, 4.69) is 9.88 Å². The molecule has 2 aliphatic rings. The summed E-state index contributed by atoms with van der Waals surface area (Å²) >= 11 is 0. The third-order valence-electron chi connectivity index (χ3n) is 4.77. The van der Waals surface area contributed by atoms with Crippen molar-refractivity contribution in [1.82, 2.24) is 14.8 Å². The number of carbonyl (C=O) groups is 1. The van der Waals surface area contributed by atoms with Gasteiger partial charge in [-0.2, -0.15) is 0 Å². The van der Waals surface area contributed by atoms with E-state index in [1.54, 1.807) is 18.7 Å². The molecule has 0 N–H and O–H groups in total. The van der Waals surface area contributed by atoms with E-state index in [1.807, 2.05) is 29.3 Å². The predicted octanol–water partition coefficient (Wildman–Crippen LogP) is 2.05. The second kappa shape index (κ2) is 5.57. The van der Waals surface area contributed by atoms with E-state index in [0.717, 1.165) is 25.1 Å². The van der Waals surface area contributed by atoms with Gasteiger partial charge in [-0.05, 0) is 24.1 Å². The first-order valence-electron chi connectivity index (χ1n) is 7.75. The van der Waals surface area contributed by atoms with Gasteiger partial charge < -0.3 is 9.32 Å². The van der Waals surface area contributed by atoms with E-state index in [-0.39, 0.29) is 5.91 Å². The van der Waals surface area contributed by atoms with Crippen LogP contribution in [0.15, 0.2) is 47.5 Å². The summed E-state index contributed by atoms with van der Waals surface area (Å²) < 4.78 is 5.15. The van der Waals surface area contributed by atoms with Crippen molar-refractivity contribution in [2.75, 3.05) is 6.54 Å². The number of fused-ring (bicyclic) bond motifs is 1. The minimum Gasteiger partial charge on any atom is -0.472 e. The van der Waals surface area contributed by atoms with Crippen LogP contribution in [0.3, 0.4) is 0 Å². The lowest BCUT2D eigenvalue weighted by atomic mass is 10.1. The van der Waals surface area contributed by atoms with Crippen LogP contribution < -0.4 is 0 Å². The standard InChI is InChI=1S/C17H19N3O2/c21-17-8-16-15(20(17)11-13-2-1-5-18-9-13)3-6-19(16)10-14-4-7-22-12-14/h1-2,4-5,7,9,12,15-16H,3,6,8,10-11H2. The van der Waals surface area contributed by atoms with E-state index in [1.165, 1.54) is 5.56 Å². The van der Waals surface area contributed by atoms with Crippen molar-refractivity contribution in [2.45, 2.75) is 38.0 Å². The number of rotatable bonds is 4. The largest absolute Gasteiger partial charge is 0.472 e. The van der Waals surface area contributed by atoms with Crippen molar-refractivity contribution in [2.24, 2.45) is 0 Å². The van der Waals surface area contributed by atoms with Crippen molar-refractivity contribution in [3.63, 3.8) is 0 Å². The van der Waals surface area contributed by atoms with Gasteiger partial charge >= 0.3 is 0 Å². The molecule has 5 heteroatoms. The summed E-state index contributed by atoms with van der Waals surface area (Å²) in [5, 5.41) is 0. The molecule has 4 heterocycles. The number of likely N-dealkylation sites (tertiary alicyclic amines) is 2. The Bertz CT molecular complexity index is 641. The van der Waals surface area contributed by atoms with Gasteiger partial charge in [0.1, 0.15) is 0 Å². The molecule has 2 atom stereocenters.